The second-order valence-electron chi connectivity index (χ2n) is 7.15. The summed E-state index contributed by atoms with van der Waals surface area (Å²) in [6.45, 7) is 11.1. The van der Waals surface area contributed by atoms with Crippen LogP contribution in [0.1, 0.15) is 90.4 Å². The summed E-state index contributed by atoms with van der Waals surface area (Å²) >= 11 is 0. The van der Waals surface area contributed by atoms with Gasteiger partial charge in [0, 0.05) is 39.6 Å². The highest BCUT2D eigenvalue weighted by molar-refractivity contribution is 4.81. The Kier molecular flexibility index (Phi) is 24.8. The maximum Gasteiger partial charge on any atom is 0.0500 e. The minimum atomic E-state index is 0.817. The highest BCUT2D eigenvalue weighted by atomic mass is 16.5. The molecule has 0 heterocycles. The third-order valence-electron chi connectivity index (χ3n) is 4.42. The summed E-state index contributed by atoms with van der Waals surface area (Å²) < 4.78 is 16.8. The van der Waals surface area contributed by atoms with Gasteiger partial charge in [-0.2, -0.15) is 0 Å². The van der Waals surface area contributed by atoms with Crippen LogP contribution in [-0.2, 0) is 14.2 Å². The van der Waals surface area contributed by atoms with Crippen molar-refractivity contribution in [2.24, 2.45) is 0 Å². The van der Waals surface area contributed by atoms with E-state index in [1.807, 2.05) is 6.08 Å². The molecule has 3 heteroatoms. The second-order valence-corrected chi connectivity index (χ2v) is 7.15. The van der Waals surface area contributed by atoms with Crippen molar-refractivity contribution in [3.63, 3.8) is 0 Å². The molecule has 0 amide bonds. The highest BCUT2D eigenvalue weighted by Gasteiger charge is 1.94. The van der Waals surface area contributed by atoms with E-state index in [1.54, 1.807) is 0 Å². The van der Waals surface area contributed by atoms with Gasteiger partial charge in [-0.05, 0) is 51.4 Å². The lowest BCUT2D eigenvalue weighted by Crippen LogP contribution is -2.03. The SMILES string of the molecule is C=CCCOCCCCCCCOCCCOCCC/C=C\CCCCC. The molecule has 0 aromatic carbocycles. The molecule has 3 nitrogen and oxygen atoms in total. The van der Waals surface area contributed by atoms with Crippen molar-refractivity contribution in [2.45, 2.75) is 90.4 Å². The zero-order chi connectivity index (χ0) is 19.7. The molecule has 160 valence electrons. The molecule has 0 saturated carbocycles. The fraction of sp³-hybridized carbons (Fsp3) is 0.833. The van der Waals surface area contributed by atoms with Crippen molar-refractivity contribution in [1.82, 2.24) is 0 Å². The highest BCUT2D eigenvalue weighted by Crippen LogP contribution is 2.04. The van der Waals surface area contributed by atoms with Crippen molar-refractivity contribution in [2.75, 3.05) is 39.6 Å². The fourth-order valence-electron chi connectivity index (χ4n) is 2.73. The van der Waals surface area contributed by atoms with Crippen LogP contribution in [0.25, 0.3) is 0 Å². The Morgan fingerprint density at radius 1 is 0.519 bits per heavy atom. The Bertz CT molecular complexity index is 302. The van der Waals surface area contributed by atoms with Crippen LogP contribution in [0.15, 0.2) is 24.8 Å². The van der Waals surface area contributed by atoms with E-state index >= 15 is 0 Å². The van der Waals surface area contributed by atoms with Gasteiger partial charge in [0.25, 0.3) is 0 Å². The van der Waals surface area contributed by atoms with Gasteiger partial charge < -0.3 is 14.2 Å². The normalized spacial score (nSPS) is 11.4. The van der Waals surface area contributed by atoms with Gasteiger partial charge in [-0.15, -0.1) is 6.58 Å². The quantitative estimate of drug-likeness (QED) is 0.142. The van der Waals surface area contributed by atoms with E-state index in [4.69, 9.17) is 14.2 Å². The predicted molar refractivity (Wildman–Crippen MR) is 117 cm³/mol. The summed E-state index contributed by atoms with van der Waals surface area (Å²) in [5.41, 5.74) is 0. The average molecular weight is 383 g/mol. The van der Waals surface area contributed by atoms with E-state index in [0.717, 1.165) is 65.3 Å². The van der Waals surface area contributed by atoms with Crippen LogP contribution >= 0.6 is 0 Å². The van der Waals surface area contributed by atoms with Gasteiger partial charge in [-0.3, -0.25) is 0 Å². The van der Waals surface area contributed by atoms with E-state index < -0.39 is 0 Å². The number of unbranched alkanes of at least 4 members (excludes halogenated alkanes) is 8. The van der Waals surface area contributed by atoms with Crippen molar-refractivity contribution in [1.29, 1.82) is 0 Å². The summed E-state index contributed by atoms with van der Waals surface area (Å²) in [6.07, 6.45) is 22.1. The zero-order valence-corrected chi connectivity index (χ0v) is 18.1. The summed E-state index contributed by atoms with van der Waals surface area (Å²) in [6, 6.07) is 0. The number of rotatable bonds is 23. The lowest BCUT2D eigenvalue weighted by molar-refractivity contribution is 0.0803. The van der Waals surface area contributed by atoms with Crippen LogP contribution in [0.4, 0.5) is 0 Å². The first-order chi connectivity index (χ1) is 13.4. The molecule has 0 fully saturated rings. The van der Waals surface area contributed by atoms with E-state index in [-0.39, 0.29) is 0 Å². The van der Waals surface area contributed by atoms with Crippen molar-refractivity contribution in [3.05, 3.63) is 24.8 Å². The molecule has 27 heavy (non-hydrogen) atoms. The van der Waals surface area contributed by atoms with Gasteiger partial charge in [-0.25, -0.2) is 0 Å². The molecule has 0 aromatic heterocycles. The molecule has 0 spiro atoms. The number of ether oxygens (including phenoxy) is 3. The lowest BCUT2D eigenvalue weighted by Gasteiger charge is -2.06. The molecule has 0 bridgehead atoms. The molecule has 0 aliphatic heterocycles. The fourth-order valence-corrected chi connectivity index (χ4v) is 2.73. The van der Waals surface area contributed by atoms with Crippen LogP contribution in [0.2, 0.25) is 0 Å². The third kappa shape index (κ3) is 25.4. The Morgan fingerprint density at radius 3 is 1.67 bits per heavy atom. The van der Waals surface area contributed by atoms with Gasteiger partial charge in [0.2, 0.25) is 0 Å². The van der Waals surface area contributed by atoms with Crippen molar-refractivity contribution in [3.8, 4) is 0 Å². The summed E-state index contributed by atoms with van der Waals surface area (Å²) in [5, 5.41) is 0. The maximum atomic E-state index is 5.67. The van der Waals surface area contributed by atoms with E-state index in [2.05, 4.69) is 25.7 Å². The van der Waals surface area contributed by atoms with Crippen LogP contribution in [0, 0.1) is 0 Å². The Hall–Kier alpha value is -0.640. The van der Waals surface area contributed by atoms with Gasteiger partial charge in [0.1, 0.15) is 0 Å². The Balaban J connectivity index is 3.02. The second kappa shape index (κ2) is 25.4. The molecule has 0 aliphatic carbocycles. The van der Waals surface area contributed by atoms with Crippen LogP contribution in [0.5, 0.6) is 0 Å². The van der Waals surface area contributed by atoms with E-state index in [9.17, 15) is 0 Å². The lowest BCUT2D eigenvalue weighted by atomic mass is 10.1. The molecular weight excluding hydrogens is 336 g/mol. The molecular formula is C24H46O3. The molecule has 0 radical (unpaired) electrons. The molecule has 0 rings (SSSR count). The minimum absolute atomic E-state index is 0.817. The standard InChI is InChI=1S/C24H46O3/c1-3-5-7-8-9-10-12-15-21-26-23-18-24-27-22-17-14-11-13-16-20-25-19-6-4-2/h4,9-10H,2-3,5-8,11-24H2,1H3/b10-9-. The molecule has 0 aromatic rings. The first-order valence-corrected chi connectivity index (χ1v) is 11.4. The third-order valence-corrected chi connectivity index (χ3v) is 4.42. The minimum Gasteiger partial charge on any atom is -0.381 e. The van der Waals surface area contributed by atoms with E-state index in [0.29, 0.717) is 0 Å². The number of hydrogen-bond acceptors (Lipinski definition) is 3. The molecule has 0 unspecified atom stereocenters. The Morgan fingerprint density at radius 2 is 1.04 bits per heavy atom. The molecule has 0 saturated heterocycles. The largest absolute Gasteiger partial charge is 0.381 e. The smallest absolute Gasteiger partial charge is 0.0500 e. The molecule has 0 aliphatic rings. The Labute approximate surface area is 169 Å². The number of hydrogen-bond donors (Lipinski definition) is 0. The summed E-state index contributed by atoms with van der Waals surface area (Å²) in [7, 11) is 0. The summed E-state index contributed by atoms with van der Waals surface area (Å²) in [5.74, 6) is 0. The van der Waals surface area contributed by atoms with Gasteiger partial charge in [0.05, 0.1) is 0 Å². The average Bonchev–Trinajstić information content (AvgIpc) is 2.68. The number of allylic oxidation sites excluding steroid dienone is 2. The van der Waals surface area contributed by atoms with Gasteiger partial charge >= 0.3 is 0 Å². The van der Waals surface area contributed by atoms with Crippen molar-refractivity contribution < 1.29 is 14.2 Å². The first-order valence-electron chi connectivity index (χ1n) is 11.4. The molecule has 0 atom stereocenters. The first kappa shape index (κ1) is 26.4. The van der Waals surface area contributed by atoms with Crippen LogP contribution in [0.3, 0.4) is 0 Å². The van der Waals surface area contributed by atoms with Gasteiger partial charge in [-0.1, -0.05) is 57.3 Å². The van der Waals surface area contributed by atoms with Crippen molar-refractivity contribution >= 4 is 0 Å². The van der Waals surface area contributed by atoms with Gasteiger partial charge in [0.15, 0.2) is 0 Å². The van der Waals surface area contributed by atoms with Crippen LogP contribution < -0.4 is 0 Å². The zero-order valence-electron chi connectivity index (χ0n) is 18.1. The van der Waals surface area contributed by atoms with Crippen LogP contribution in [-0.4, -0.2) is 39.6 Å². The molecule has 0 N–H and O–H groups in total. The summed E-state index contributed by atoms with van der Waals surface area (Å²) in [4.78, 5) is 0. The monoisotopic (exact) mass is 382 g/mol. The maximum absolute atomic E-state index is 5.67. The van der Waals surface area contributed by atoms with E-state index in [1.165, 1.54) is 57.8 Å². The predicted octanol–water partition coefficient (Wildman–Crippen LogP) is 6.87. The topological polar surface area (TPSA) is 27.7 Å².